The summed E-state index contributed by atoms with van der Waals surface area (Å²) in [6, 6.07) is 75.2. The number of nitrogens with zero attached hydrogens (tertiary/aromatic N) is 4. The number of fused-ring (bicyclic) bond motifs is 12. The van der Waals surface area contributed by atoms with Crippen LogP contribution >= 0.6 is 11.3 Å². The maximum absolute atomic E-state index is 5.65. The van der Waals surface area contributed by atoms with Crippen LogP contribution in [-0.2, 0) is 5.41 Å². The Labute approximate surface area is 385 Å². The van der Waals surface area contributed by atoms with Crippen LogP contribution in [0.15, 0.2) is 206 Å². The smallest absolute Gasteiger partial charge is 0.235 e. The summed E-state index contributed by atoms with van der Waals surface area (Å²) < 4.78 is 5.76. The lowest BCUT2D eigenvalue weighted by atomic mass is 9.82. The fraction of sp³-hybridized carbons (Fsp3) is 0.0492. The largest absolute Gasteiger partial charge is 0.309 e. The molecule has 66 heavy (non-hydrogen) atoms. The van der Waals surface area contributed by atoms with Crippen LogP contribution in [0.4, 0.5) is 0 Å². The summed E-state index contributed by atoms with van der Waals surface area (Å²) in [4.78, 5) is 12.3. The molecule has 0 aliphatic heterocycles. The van der Waals surface area contributed by atoms with E-state index in [4.69, 9.17) is 9.97 Å². The van der Waals surface area contributed by atoms with Crippen LogP contribution in [0.1, 0.15) is 25.0 Å². The van der Waals surface area contributed by atoms with Crippen molar-refractivity contribution < 1.29 is 0 Å². The van der Waals surface area contributed by atoms with E-state index in [1.165, 1.54) is 81.6 Å². The average molecular weight is 861 g/mol. The molecule has 14 rings (SSSR count). The van der Waals surface area contributed by atoms with Gasteiger partial charge in [0, 0.05) is 43.1 Å². The zero-order valence-corrected chi connectivity index (χ0v) is 37.1. The van der Waals surface area contributed by atoms with E-state index in [9.17, 15) is 0 Å². The number of aromatic nitrogens is 4. The molecule has 13 aromatic rings. The Kier molecular flexibility index (Phi) is 7.87. The molecule has 0 atom stereocenters. The van der Waals surface area contributed by atoms with Crippen molar-refractivity contribution in [2.45, 2.75) is 19.3 Å². The lowest BCUT2D eigenvalue weighted by Crippen LogP contribution is -2.15. The molecule has 0 saturated heterocycles. The Hall–Kier alpha value is -8.12. The second-order valence-corrected chi connectivity index (χ2v) is 19.2. The number of hydrogen-bond donors (Lipinski definition) is 0. The first-order valence-corrected chi connectivity index (χ1v) is 23.5. The van der Waals surface area contributed by atoms with E-state index in [-0.39, 0.29) is 5.41 Å². The molecule has 4 heterocycles. The first-order valence-electron chi connectivity index (χ1n) is 22.6. The second kappa shape index (κ2) is 13.9. The Balaban J connectivity index is 1.00. The molecule has 1 aliphatic rings. The van der Waals surface area contributed by atoms with Crippen molar-refractivity contribution in [3.63, 3.8) is 0 Å². The third-order valence-corrected chi connectivity index (χ3v) is 15.3. The van der Waals surface area contributed by atoms with Gasteiger partial charge in [0.25, 0.3) is 0 Å². The quantitative estimate of drug-likeness (QED) is 0.173. The van der Waals surface area contributed by atoms with Crippen molar-refractivity contribution in [2.24, 2.45) is 0 Å². The zero-order valence-electron chi connectivity index (χ0n) is 36.3. The first-order chi connectivity index (χ1) is 32.5. The highest BCUT2D eigenvalue weighted by Gasteiger charge is 2.35. The van der Waals surface area contributed by atoms with Crippen LogP contribution < -0.4 is 0 Å². The minimum atomic E-state index is -0.142. The molecule has 4 aromatic heterocycles. The predicted molar refractivity (Wildman–Crippen MR) is 277 cm³/mol. The molecule has 0 bridgehead atoms. The van der Waals surface area contributed by atoms with Crippen molar-refractivity contribution in [2.75, 3.05) is 0 Å². The number of hydrogen-bond acceptors (Lipinski definition) is 3. The Bertz CT molecular complexity index is 4130. The number of rotatable bonds is 5. The molecule has 310 valence electrons. The Morgan fingerprint density at radius 3 is 1.89 bits per heavy atom. The molecule has 9 aromatic carbocycles. The lowest BCUT2D eigenvalue weighted by molar-refractivity contribution is 0.660. The number of para-hydroxylation sites is 2. The van der Waals surface area contributed by atoms with Gasteiger partial charge in [0.1, 0.15) is 0 Å². The van der Waals surface area contributed by atoms with Gasteiger partial charge in [-0.25, -0.2) is 9.97 Å². The van der Waals surface area contributed by atoms with Crippen molar-refractivity contribution in [1.29, 1.82) is 0 Å². The molecule has 0 unspecified atom stereocenters. The standard InChI is InChI=1S/C61H40N4S/c1-61(2)49-23-13-11-21-44(49)45-29-25-41(35-50(45)61)58-59-51(36-56(66-59)38-16-5-3-6-17-38)62-60(63-58)65-54-31-28-40(34-48(54)57-43-20-10-9-15-37(43)26-32-55(57)65)39-27-30-53-47(33-39)46-22-12-14-24-52(46)64(53)42-18-7-4-8-19-42/h3-36H,1-2H3. The third kappa shape index (κ3) is 5.38. The van der Waals surface area contributed by atoms with E-state index in [1.807, 2.05) is 0 Å². The molecular formula is C61H40N4S. The van der Waals surface area contributed by atoms with Gasteiger partial charge in [-0.15, -0.1) is 11.3 Å². The van der Waals surface area contributed by atoms with Crippen molar-refractivity contribution >= 4 is 75.9 Å². The van der Waals surface area contributed by atoms with Crippen LogP contribution in [0, 0.1) is 0 Å². The molecule has 0 amide bonds. The Morgan fingerprint density at radius 2 is 1.06 bits per heavy atom. The molecule has 0 spiro atoms. The SMILES string of the molecule is CC1(C)c2ccccc2-c2ccc(-c3nc(-n4c5ccc(-c6ccc7c(c6)c6ccccc6n7-c6ccccc6)cc5c5c6ccccc6ccc54)nc4cc(-c5ccccc5)sc34)cc21. The van der Waals surface area contributed by atoms with Gasteiger partial charge in [-0.3, -0.25) is 4.57 Å². The molecule has 5 heteroatoms. The van der Waals surface area contributed by atoms with Crippen LogP contribution in [0.25, 0.3) is 120 Å². The van der Waals surface area contributed by atoms with Gasteiger partial charge in [-0.1, -0.05) is 159 Å². The molecule has 0 fully saturated rings. The van der Waals surface area contributed by atoms with Crippen molar-refractivity contribution in [3.05, 3.63) is 217 Å². The van der Waals surface area contributed by atoms with Crippen LogP contribution in [-0.4, -0.2) is 19.1 Å². The van der Waals surface area contributed by atoms with E-state index < -0.39 is 0 Å². The number of thiophene rings is 1. The maximum Gasteiger partial charge on any atom is 0.235 e. The zero-order chi connectivity index (χ0) is 43.7. The number of benzene rings is 9. The van der Waals surface area contributed by atoms with E-state index in [0.717, 1.165) is 43.8 Å². The fourth-order valence-electron chi connectivity index (χ4n) is 11.0. The maximum atomic E-state index is 5.65. The molecule has 4 nitrogen and oxygen atoms in total. The van der Waals surface area contributed by atoms with Gasteiger partial charge >= 0.3 is 0 Å². The van der Waals surface area contributed by atoms with Gasteiger partial charge in [0.2, 0.25) is 5.95 Å². The normalized spacial score (nSPS) is 13.1. The highest BCUT2D eigenvalue weighted by atomic mass is 32.1. The summed E-state index contributed by atoms with van der Waals surface area (Å²) in [6.07, 6.45) is 0. The average Bonchev–Trinajstić information content (AvgIpc) is 4.11. The van der Waals surface area contributed by atoms with Crippen LogP contribution in [0.5, 0.6) is 0 Å². The minimum absolute atomic E-state index is 0.142. The van der Waals surface area contributed by atoms with Gasteiger partial charge in [0.05, 0.1) is 38.0 Å². The highest BCUT2D eigenvalue weighted by molar-refractivity contribution is 7.22. The fourth-order valence-corrected chi connectivity index (χ4v) is 12.1. The monoisotopic (exact) mass is 860 g/mol. The summed E-state index contributed by atoms with van der Waals surface area (Å²) in [5.74, 6) is 0.663. The predicted octanol–water partition coefficient (Wildman–Crippen LogP) is 16.3. The lowest BCUT2D eigenvalue weighted by Gasteiger charge is -2.22. The van der Waals surface area contributed by atoms with E-state index in [2.05, 4.69) is 229 Å². The van der Waals surface area contributed by atoms with Crippen LogP contribution in [0.3, 0.4) is 0 Å². The molecule has 0 radical (unpaired) electrons. The van der Waals surface area contributed by atoms with E-state index in [1.54, 1.807) is 11.3 Å². The highest BCUT2D eigenvalue weighted by Crippen LogP contribution is 2.50. The van der Waals surface area contributed by atoms with Gasteiger partial charge in [-0.2, -0.15) is 0 Å². The van der Waals surface area contributed by atoms with Gasteiger partial charge in [-0.05, 0) is 110 Å². The summed E-state index contributed by atoms with van der Waals surface area (Å²) >= 11 is 1.77. The van der Waals surface area contributed by atoms with Crippen molar-refractivity contribution in [3.8, 4) is 55.6 Å². The topological polar surface area (TPSA) is 35.6 Å². The minimum Gasteiger partial charge on any atom is -0.309 e. The summed E-state index contributed by atoms with van der Waals surface area (Å²) in [5, 5.41) is 7.26. The third-order valence-electron chi connectivity index (χ3n) is 14.2. The summed E-state index contributed by atoms with van der Waals surface area (Å²) in [6.45, 7) is 4.69. The molecule has 1 aliphatic carbocycles. The molecule has 0 N–H and O–H groups in total. The summed E-state index contributed by atoms with van der Waals surface area (Å²) in [5.41, 5.74) is 17.4. The van der Waals surface area contributed by atoms with Crippen LogP contribution in [0.2, 0.25) is 0 Å². The van der Waals surface area contributed by atoms with E-state index >= 15 is 0 Å². The summed E-state index contributed by atoms with van der Waals surface area (Å²) in [7, 11) is 0. The van der Waals surface area contributed by atoms with Gasteiger partial charge in [0.15, 0.2) is 0 Å². The molecular weight excluding hydrogens is 821 g/mol. The Morgan fingerprint density at radius 1 is 0.424 bits per heavy atom. The molecule has 0 saturated carbocycles. The second-order valence-electron chi connectivity index (χ2n) is 18.2. The first kappa shape index (κ1) is 37.3. The van der Waals surface area contributed by atoms with E-state index in [0.29, 0.717) is 5.95 Å². The van der Waals surface area contributed by atoms with Crippen molar-refractivity contribution in [1.82, 2.24) is 19.1 Å². The van der Waals surface area contributed by atoms with Gasteiger partial charge < -0.3 is 4.57 Å².